The van der Waals surface area contributed by atoms with E-state index in [1.165, 1.54) is 12.1 Å². The molecule has 1 aromatic rings. The standard InChI is InChI=1S/C19H26FN3O/c1-4-19(5-2,6-3)21-18(24)15-22-11-13-23(14-12-22)17-9-7-16(20)8-10-17/h1,7-10H,5-6,11-15H2,2-3H3,(H,21,24). The molecular formula is C19H26FN3O. The summed E-state index contributed by atoms with van der Waals surface area (Å²) in [7, 11) is 0. The maximum atomic E-state index is 13.0. The molecule has 1 heterocycles. The largest absolute Gasteiger partial charge is 0.369 e. The molecule has 5 heteroatoms. The first kappa shape index (κ1) is 18.3. The first-order valence-electron chi connectivity index (χ1n) is 8.53. The molecule has 24 heavy (non-hydrogen) atoms. The van der Waals surface area contributed by atoms with Crippen LogP contribution < -0.4 is 10.2 Å². The van der Waals surface area contributed by atoms with Crippen molar-refractivity contribution in [2.75, 3.05) is 37.6 Å². The van der Waals surface area contributed by atoms with E-state index < -0.39 is 5.54 Å². The number of hydrogen-bond acceptors (Lipinski definition) is 3. The summed E-state index contributed by atoms with van der Waals surface area (Å²) in [6, 6.07) is 6.54. The molecule has 1 aromatic carbocycles. The zero-order valence-electron chi connectivity index (χ0n) is 14.5. The predicted molar refractivity (Wildman–Crippen MR) is 95.3 cm³/mol. The first-order chi connectivity index (χ1) is 11.5. The van der Waals surface area contributed by atoms with Crippen molar-refractivity contribution < 1.29 is 9.18 Å². The monoisotopic (exact) mass is 331 g/mol. The Morgan fingerprint density at radius 3 is 2.29 bits per heavy atom. The Balaban J connectivity index is 1.83. The third-order valence-corrected chi connectivity index (χ3v) is 4.79. The number of terminal acetylenes is 1. The van der Waals surface area contributed by atoms with E-state index in [4.69, 9.17) is 6.42 Å². The maximum absolute atomic E-state index is 13.0. The van der Waals surface area contributed by atoms with Crippen molar-refractivity contribution in [2.24, 2.45) is 0 Å². The second-order valence-electron chi connectivity index (χ2n) is 6.22. The van der Waals surface area contributed by atoms with Gasteiger partial charge in [0, 0.05) is 31.9 Å². The molecule has 0 unspecified atom stereocenters. The van der Waals surface area contributed by atoms with Crippen molar-refractivity contribution in [3.63, 3.8) is 0 Å². The number of carbonyl (C=O) groups excluding carboxylic acids is 1. The lowest BCUT2D eigenvalue weighted by atomic mass is 9.94. The Hall–Kier alpha value is -2.06. The van der Waals surface area contributed by atoms with E-state index in [2.05, 4.69) is 21.0 Å². The highest BCUT2D eigenvalue weighted by atomic mass is 19.1. The zero-order chi connectivity index (χ0) is 17.6. The molecular weight excluding hydrogens is 305 g/mol. The van der Waals surface area contributed by atoms with Gasteiger partial charge in [-0.15, -0.1) is 6.42 Å². The Morgan fingerprint density at radius 2 is 1.79 bits per heavy atom. The lowest BCUT2D eigenvalue weighted by molar-refractivity contribution is -0.123. The average Bonchev–Trinajstić information content (AvgIpc) is 2.61. The van der Waals surface area contributed by atoms with Crippen molar-refractivity contribution in [1.29, 1.82) is 0 Å². The van der Waals surface area contributed by atoms with Gasteiger partial charge in [0.25, 0.3) is 0 Å². The van der Waals surface area contributed by atoms with Gasteiger partial charge in [0.2, 0.25) is 5.91 Å². The number of nitrogens with one attached hydrogen (secondary N) is 1. The molecule has 0 aliphatic carbocycles. The molecule has 1 N–H and O–H groups in total. The highest BCUT2D eigenvalue weighted by molar-refractivity contribution is 5.79. The van der Waals surface area contributed by atoms with Crippen LogP contribution in [0.15, 0.2) is 24.3 Å². The maximum Gasteiger partial charge on any atom is 0.235 e. The van der Waals surface area contributed by atoms with Crippen LogP contribution in [-0.2, 0) is 4.79 Å². The number of benzene rings is 1. The number of amides is 1. The highest BCUT2D eigenvalue weighted by Gasteiger charge is 2.27. The van der Waals surface area contributed by atoms with Crippen LogP contribution in [0.25, 0.3) is 0 Å². The van der Waals surface area contributed by atoms with Gasteiger partial charge < -0.3 is 10.2 Å². The summed E-state index contributed by atoms with van der Waals surface area (Å²) in [6.45, 7) is 7.58. The van der Waals surface area contributed by atoms with Crippen molar-refractivity contribution in [2.45, 2.75) is 32.2 Å². The second-order valence-corrected chi connectivity index (χ2v) is 6.22. The number of rotatable bonds is 6. The van der Waals surface area contributed by atoms with Crippen LogP contribution >= 0.6 is 0 Å². The summed E-state index contributed by atoms with van der Waals surface area (Å²) >= 11 is 0. The lowest BCUT2D eigenvalue weighted by Crippen LogP contribution is -2.53. The number of halogens is 1. The molecule has 130 valence electrons. The van der Waals surface area contributed by atoms with E-state index in [0.29, 0.717) is 6.54 Å². The fourth-order valence-electron chi connectivity index (χ4n) is 2.99. The number of carbonyl (C=O) groups is 1. The fourth-order valence-corrected chi connectivity index (χ4v) is 2.99. The van der Waals surface area contributed by atoms with Crippen LogP contribution in [0.5, 0.6) is 0 Å². The molecule has 0 spiro atoms. The van der Waals surface area contributed by atoms with Crippen molar-refractivity contribution in [3.8, 4) is 12.3 Å². The van der Waals surface area contributed by atoms with Crippen LogP contribution in [0.4, 0.5) is 10.1 Å². The van der Waals surface area contributed by atoms with Crippen LogP contribution in [-0.4, -0.2) is 49.1 Å². The van der Waals surface area contributed by atoms with E-state index in [-0.39, 0.29) is 11.7 Å². The van der Waals surface area contributed by atoms with Crippen molar-refractivity contribution in [3.05, 3.63) is 30.1 Å². The average molecular weight is 331 g/mol. The second kappa shape index (κ2) is 8.16. The normalized spacial score (nSPS) is 15.8. The first-order valence-corrected chi connectivity index (χ1v) is 8.53. The molecule has 1 amide bonds. The van der Waals surface area contributed by atoms with E-state index >= 15 is 0 Å². The minimum absolute atomic E-state index is 0.0214. The SMILES string of the molecule is C#CC(CC)(CC)NC(=O)CN1CCN(c2ccc(F)cc2)CC1. The molecule has 0 atom stereocenters. The quantitative estimate of drug-likeness (QED) is 0.812. The lowest BCUT2D eigenvalue weighted by Gasteiger charge is -2.36. The smallest absolute Gasteiger partial charge is 0.235 e. The summed E-state index contributed by atoms with van der Waals surface area (Å²) in [4.78, 5) is 16.6. The van der Waals surface area contributed by atoms with Gasteiger partial charge >= 0.3 is 0 Å². The third kappa shape index (κ3) is 4.48. The summed E-state index contributed by atoms with van der Waals surface area (Å²) in [5.74, 6) is 2.48. The summed E-state index contributed by atoms with van der Waals surface area (Å²) in [5.41, 5.74) is 0.483. The third-order valence-electron chi connectivity index (χ3n) is 4.79. The van der Waals surface area contributed by atoms with Gasteiger partial charge in [0.1, 0.15) is 11.4 Å². The van der Waals surface area contributed by atoms with Crippen LogP contribution in [0.1, 0.15) is 26.7 Å². The van der Waals surface area contributed by atoms with Crippen LogP contribution in [0.2, 0.25) is 0 Å². The van der Waals surface area contributed by atoms with Crippen molar-refractivity contribution in [1.82, 2.24) is 10.2 Å². The molecule has 1 fully saturated rings. The Labute approximate surface area is 144 Å². The molecule has 1 aliphatic heterocycles. The van der Waals surface area contributed by atoms with E-state index in [0.717, 1.165) is 44.7 Å². The molecule has 0 bridgehead atoms. The van der Waals surface area contributed by atoms with Gasteiger partial charge in [0.05, 0.1) is 6.54 Å². The fraction of sp³-hybridized carbons (Fsp3) is 0.526. The summed E-state index contributed by atoms with van der Waals surface area (Å²) < 4.78 is 13.0. The molecule has 0 saturated carbocycles. The van der Waals surface area contributed by atoms with Gasteiger partial charge in [-0.2, -0.15) is 0 Å². The summed E-state index contributed by atoms with van der Waals surface area (Å²) in [6.07, 6.45) is 7.04. The molecule has 0 radical (unpaired) electrons. The Morgan fingerprint density at radius 1 is 1.21 bits per heavy atom. The topological polar surface area (TPSA) is 35.6 Å². The molecule has 4 nitrogen and oxygen atoms in total. The number of hydrogen-bond donors (Lipinski definition) is 1. The number of anilines is 1. The van der Waals surface area contributed by atoms with Gasteiger partial charge in [-0.25, -0.2) is 4.39 Å². The minimum Gasteiger partial charge on any atom is -0.369 e. The van der Waals surface area contributed by atoms with Crippen molar-refractivity contribution >= 4 is 11.6 Å². The Bertz CT molecular complexity index is 582. The van der Waals surface area contributed by atoms with Gasteiger partial charge in [-0.1, -0.05) is 19.8 Å². The molecule has 1 saturated heterocycles. The van der Waals surface area contributed by atoms with Crippen LogP contribution in [0, 0.1) is 18.2 Å². The summed E-state index contributed by atoms with van der Waals surface area (Å²) in [5, 5.41) is 3.00. The van der Waals surface area contributed by atoms with E-state index in [1.54, 1.807) is 12.1 Å². The molecule has 0 aromatic heterocycles. The Kier molecular flexibility index (Phi) is 6.22. The van der Waals surface area contributed by atoms with E-state index in [9.17, 15) is 9.18 Å². The van der Waals surface area contributed by atoms with Gasteiger partial charge in [-0.3, -0.25) is 9.69 Å². The molecule has 1 aliphatic rings. The van der Waals surface area contributed by atoms with E-state index in [1.807, 2.05) is 13.8 Å². The number of nitrogens with zero attached hydrogens (tertiary/aromatic N) is 2. The van der Waals surface area contributed by atoms with Gasteiger partial charge in [0.15, 0.2) is 0 Å². The zero-order valence-corrected chi connectivity index (χ0v) is 14.5. The molecule has 2 rings (SSSR count). The van der Waals surface area contributed by atoms with Crippen LogP contribution in [0.3, 0.4) is 0 Å². The predicted octanol–water partition coefficient (Wildman–Crippen LogP) is 2.26. The van der Waals surface area contributed by atoms with Gasteiger partial charge in [-0.05, 0) is 37.1 Å². The number of piperazine rings is 1. The minimum atomic E-state index is -0.535. The highest BCUT2D eigenvalue weighted by Crippen LogP contribution is 2.17.